The van der Waals surface area contributed by atoms with Gasteiger partial charge in [-0.15, -0.1) is 0 Å². The van der Waals surface area contributed by atoms with Crippen molar-refractivity contribution in [3.05, 3.63) is 30.3 Å². The summed E-state index contributed by atoms with van der Waals surface area (Å²) < 4.78 is 24.2. The monoisotopic (exact) mass is 240 g/mol. The molecule has 0 heterocycles. The van der Waals surface area contributed by atoms with Gasteiger partial charge in [-0.2, -0.15) is 0 Å². The second-order valence-electron chi connectivity index (χ2n) is 4.51. The first-order valence-electron chi connectivity index (χ1n) is 5.75. The predicted octanol–water partition coefficient (Wildman–Crippen LogP) is 3.14. The van der Waals surface area contributed by atoms with Crippen LogP contribution in [0.5, 0.6) is 0 Å². The molecule has 2 nitrogen and oxygen atoms in total. The van der Waals surface area contributed by atoms with Crippen molar-refractivity contribution in [2.75, 3.05) is 5.75 Å². The molecule has 0 aromatic heterocycles. The van der Waals surface area contributed by atoms with Gasteiger partial charge in [0.1, 0.15) is 0 Å². The molecule has 0 spiro atoms. The van der Waals surface area contributed by atoms with Gasteiger partial charge in [-0.3, -0.25) is 0 Å². The second-order valence-corrected chi connectivity index (χ2v) is 6.54. The minimum atomic E-state index is -3.12. The topological polar surface area (TPSA) is 34.1 Å². The number of benzene rings is 1. The lowest BCUT2D eigenvalue weighted by Gasteiger charge is -2.18. The molecule has 3 heteroatoms. The summed E-state index contributed by atoms with van der Waals surface area (Å²) in [5.74, 6) is 0.902. The van der Waals surface area contributed by atoms with Gasteiger partial charge in [0.05, 0.1) is 10.6 Å². The van der Waals surface area contributed by atoms with Gasteiger partial charge >= 0.3 is 0 Å². The highest BCUT2D eigenvalue weighted by atomic mass is 32.2. The van der Waals surface area contributed by atoms with Crippen LogP contribution in [0.4, 0.5) is 0 Å². The Morgan fingerprint density at radius 3 is 2.12 bits per heavy atom. The van der Waals surface area contributed by atoms with Crippen LogP contribution in [0.2, 0.25) is 0 Å². The summed E-state index contributed by atoms with van der Waals surface area (Å²) in [6.07, 6.45) is 0.906. The number of hydrogen-bond donors (Lipinski definition) is 0. The molecule has 0 unspecified atom stereocenters. The summed E-state index contributed by atoms with van der Waals surface area (Å²) in [5.41, 5.74) is 0. The maximum absolute atomic E-state index is 12.1. The van der Waals surface area contributed by atoms with E-state index in [9.17, 15) is 8.42 Å². The van der Waals surface area contributed by atoms with Gasteiger partial charge in [-0.25, -0.2) is 8.42 Å². The number of rotatable bonds is 5. The first-order valence-corrected chi connectivity index (χ1v) is 7.40. The Hall–Kier alpha value is -0.830. The Bertz CT molecular complexity index is 407. The fraction of sp³-hybridized carbons (Fsp3) is 0.538. The Morgan fingerprint density at radius 1 is 1.12 bits per heavy atom. The summed E-state index contributed by atoms with van der Waals surface area (Å²) >= 11 is 0. The van der Waals surface area contributed by atoms with E-state index in [2.05, 4.69) is 13.8 Å². The number of hydrogen-bond acceptors (Lipinski definition) is 2. The molecule has 1 aromatic rings. The van der Waals surface area contributed by atoms with Crippen molar-refractivity contribution in [1.82, 2.24) is 0 Å². The van der Waals surface area contributed by atoms with Crippen molar-refractivity contribution in [2.45, 2.75) is 32.1 Å². The molecule has 0 fully saturated rings. The van der Waals surface area contributed by atoms with Gasteiger partial charge in [0.15, 0.2) is 9.84 Å². The summed E-state index contributed by atoms with van der Waals surface area (Å²) in [7, 11) is -3.12. The second kappa shape index (κ2) is 5.48. The maximum Gasteiger partial charge on any atom is 0.178 e. The van der Waals surface area contributed by atoms with Crippen LogP contribution in [-0.4, -0.2) is 14.2 Å². The molecule has 1 atom stereocenters. The Labute approximate surface area is 98.6 Å². The SMILES string of the molecule is CC[C@@H](CS(=O)(=O)c1ccccc1)C(C)C. The van der Waals surface area contributed by atoms with E-state index in [0.717, 1.165) is 6.42 Å². The standard InChI is InChI=1S/C13H20O2S/c1-4-12(11(2)3)10-16(14,15)13-8-6-5-7-9-13/h5-9,11-12H,4,10H2,1-3H3/t12-/m0/s1. The van der Waals surface area contributed by atoms with E-state index in [4.69, 9.17) is 0 Å². The molecule has 1 rings (SSSR count). The molecule has 0 N–H and O–H groups in total. The zero-order valence-corrected chi connectivity index (χ0v) is 11.0. The minimum Gasteiger partial charge on any atom is -0.224 e. The molecule has 16 heavy (non-hydrogen) atoms. The zero-order valence-electron chi connectivity index (χ0n) is 10.2. The van der Waals surface area contributed by atoms with E-state index >= 15 is 0 Å². The molecule has 0 saturated heterocycles. The van der Waals surface area contributed by atoms with E-state index in [-0.39, 0.29) is 11.7 Å². The average molecular weight is 240 g/mol. The smallest absolute Gasteiger partial charge is 0.178 e. The van der Waals surface area contributed by atoms with Crippen LogP contribution in [0, 0.1) is 11.8 Å². The first kappa shape index (κ1) is 13.2. The summed E-state index contributed by atoms with van der Waals surface area (Å²) in [5, 5.41) is 0. The molecule has 0 aliphatic heterocycles. The normalized spacial score (nSPS) is 14.0. The molecule has 0 aliphatic rings. The molecule has 0 saturated carbocycles. The van der Waals surface area contributed by atoms with Gasteiger partial charge in [-0.05, 0) is 24.0 Å². The van der Waals surface area contributed by atoms with Gasteiger partial charge in [0.2, 0.25) is 0 Å². The van der Waals surface area contributed by atoms with E-state index in [0.29, 0.717) is 10.8 Å². The minimum absolute atomic E-state index is 0.241. The van der Waals surface area contributed by atoms with E-state index in [1.807, 2.05) is 13.0 Å². The highest BCUT2D eigenvalue weighted by Crippen LogP contribution is 2.21. The van der Waals surface area contributed by atoms with Crippen LogP contribution in [0.15, 0.2) is 35.2 Å². The van der Waals surface area contributed by atoms with Crippen molar-refractivity contribution >= 4 is 9.84 Å². The van der Waals surface area contributed by atoms with Gasteiger partial charge in [0.25, 0.3) is 0 Å². The van der Waals surface area contributed by atoms with Crippen molar-refractivity contribution < 1.29 is 8.42 Å². The van der Waals surface area contributed by atoms with Crippen molar-refractivity contribution in [2.24, 2.45) is 11.8 Å². The molecule has 0 amide bonds. The summed E-state index contributed by atoms with van der Waals surface area (Å²) in [6.45, 7) is 6.20. The fourth-order valence-corrected chi connectivity index (χ4v) is 3.74. The molecular weight excluding hydrogens is 220 g/mol. The quantitative estimate of drug-likeness (QED) is 0.792. The Morgan fingerprint density at radius 2 is 1.69 bits per heavy atom. The predicted molar refractivity (Wildman–Crippen MR) is 67.1 cm³/mol. The Balaban J connectivity index is 2.88. The third kappa shape index (κ3) is 3.34. The van der Waals surface area contributed by atoms with Gasteiger partial charge in [0, 0.05) is 0 Å². The van der Waals surface area contributed by atoms with Crippen LogP contribution in [0.1, 0.15) is 27.2 Å². The van der Waals surface area contributed by atoms with Crippen molar-refractivity contribution in [3.8, 4) is 0 Å². The Kier molecular flexibility index (Phi) is 4.54. The van der Waals surface area contributed by atoms with Crippen LogP contribution < -0.4 is 0 Å². The van der Waals surface area contributed by atoms with Gasteiger partial charge < -0.3 is 0 Å². The fourth-order valence-electron chi connectivity index (χ4n) is 1.79. The van der Waals surface area contributed by atoms with Gasteiger partial charge in [-0.1, -0.05) is 45.4 Å². The molecule has 90 valence electrons. The molecule has 1 aromatic carbocycles. The molecule has 0 aliphatic carbocycles. The molecule has 0 bridgehead atoms. The van der Waals surface area contributed by atoms with Crippen LogP contribution in [-0.2, 0) is 9.84 Å². The van der Waals surface area contributed by atoms with Crippen LogP contribution >= 0.6 is 0 Å². The third-order valence-electron chi connectivity index (χ3n) is 3.00. The highest BCUT2D eigenvalue weighted by Gasteiger charge is 2.21. The van der Waals surface area contributed by atoms with Crippen LogP contribution in [0.25, 0.3) is 0 Å². The van der Waals surface area contributed by atoms with Crippen LogP contribution in [0.3, 0.4) is 0 Å². The largest absolute Gasteiger partial charge is 0.224 e. The molecular formula is C13H20O2S. The van der Waals surface area contributed by atoms with E-state index in [1.165, 1.54) is 0 Å². The lowest BCUT2D eigenvalue weighted by molar-refractivity contribution is 0.406. The highest BCUT2D eigenvalue weighted by molar-refractivity contribution is 7.91. The van der Waals surface area contributed by atoms with Crippen molar-refractivity contribution in [3.63, 3.8) is 0 Å². The van der Waals surface area contributed by atoms with Crippen molar-refractivity contribution in [1.29, 1.82) is 0 Å². The lowest BCUT2D eigenvalue weighted by Crippen LogP contribution is -2.20. The zero-order chi connectivity index (χ0) is 12.2. The molecule has 0 radical (unpaired) electrons. The number of sulfone groups is 1. The third-order valence-corrected chi connectivity index (χ3v) is 4.86. The average Bonchev–Trinajstić information content (AvgIpc) is 2.27. The summed E-state index contributed by atoms with van der Waals surface area (Å²) in [6, 6.07) is 8.70. The first-order chi connectivity index (χ1) is 7.47. The maximum atomic E-state index is 12.1. The lowest BCUT2D eigenvalue weighted by atomic mass is 9.96. The van der Waals surface area contributed by atoms with E-state index < -0.39 is 9.84 Å². The van der Waals surface area contributed by atoms with E-state index in [1.54, 1.807) is 24.3 Å². The summed E-state index contributed by atoms with van der Waals surface area (Å²) in [4.78, 5) is 0.439.